The molecule has 0 aliphatic carbocycles. The van der Waals surface area contributed by atoms with Gasteiger partial charge in [-0.15, -0.1) is 0 Å². The number of thiol groups is 1. The quantitative estimate of drug-likeness (QED) is 0.433. The Kier molecular flexibility index (Phi) is 5.21. The van der Waals surface area contributed by atoms with Gasteiger partial charge in [0.25, 0.3) is 11.3 Å². The van der Waals surface area contributed by atoms with Gasteiger partial charge in [-0.05, 0) is 31.2 Å². The lowest BCUT2D eigenvalue weighted by Gasteiger charge is -2.30. The van der Waals surface area contributed by atoms with Crippen molar-refractivity contribution >= 4 is 35.4 Å². The van der Waals surface area contributed by atoms with Crippen LogP contribution >= 0.6 is 24.2 Å². The predicted octanol–water partition coefficient (Wildman–Crippen LogP) is 2.47. The maximum Gasteiger partial charge on any atom is 0.444 e. The first-order valence-electron chi connectivity index (χ1n) is 7.92. The molecule has 0 aliphatic rings. The zero-order valence-corrected chi connectivity index (χ0v) is 15.9. The van der Waals surface area contributed by atoms with Crippen LogP contribution in [0.4, 0.5) is 13.2 Å². The lowest BCUT2D eigenvalue weighted by atomic mass is 10.1. The minimum Gasteiger partial charge on any atom is -0.357 e. The molecule has 3 rings (SSSR count). The van der Waals surface area contributed by atoms with E-state index in [1.807, 2.05) is 0 Å². The summed E-state index contributed by atoms with van der Waals surface area (Å²) in [6, 6.07) is 5.60. The summed E-state index contributed by atoms with van der Waals surface area (Å²) in [5.41, 5.74) is -0.757. The summed E-state index contributed by atoms with van der Waals surface area (Å²) in [4.78, 5) is 21.0. The summed E-state index contributed by atoms with van der Waals surface area (Å²) in [6.07, 6.45) is -4.13. The van der Waals surface area contributed by atoms with E-state index in [0.717, 1.165) is 4.57 Å². The Balaban J connectivity index is 2.37. The Bertz CT molecular complexity index is 1080. The second-order valence-corrected chi connectivity index (χ2v) is 6.87. The number of fused-ring (bicyclic) bond motifs is 1. The number of alkyl halides is 3. The highest BCUT2D eigenvalue weighted by Crippen LogP contribution is 2.41. The lowest BCUT2D eigenvalue weighted by molar-refractivity contribution is -0.349. The standard InChI is InChI=1S/C16H14ClF3N4O3S/c1-2-23-7-21-10-12(23)22-13(11(28)15(26,27)16(18,19)20)24(14(10)25)9-5-3-8(17)4-6-9/h3-7,11,26-28H,2H2,1H3. The second kappa shape index (κ2) is 7.07. The first kappa shape index (κ1) is 20.6. The molecule has 0 radical (unpaired) electrons. The predicted molar refractivity (Wildman–Crippen MR) is 98.8 cm³/mol. The molecule has 28 heavy (non-hydrogen) atoms. The Morgan fingerprint density at radius 3 is 2.39 bits per heavy atom. The van der Waals surface area contributed by atoms with Gasteiger partial charge >= 0.3 is 6.18 Å². The van der Waals surface area contributed by atoms with E-state index >= 15 is 0 Å². The van der Waals surface area contributed by atoms with Crippen LogP contribution in [0.15, 0.2) is 35.4 Å². The number of hydrogen-bond donors (Lipinski definition) is 3. The summed E-state index contributed by atoms with van der Waals surface area (Å²) in [6.45, 7) is 2.07. The molecule has 12 heteroatoms. The van der Waals surface area contributed by atoms with E-state index in [1.54, 1.807) is 6.92 Å². The number of aromatic nitrogens is 4. The molecule has 0 saturated carbocycles. The third-order valence-electron chi connectivity index (χ3n) is 4.13. The summed E-state index contributed by atoms with van der Waals surface area (Å²) in [5, 5.41) is 17.4. The largest absolute Gasteiger partial charge is 0.444 e. The van der Waals surface area contributed by atoms with Gasteiger partial charge in [-0.3, -0.25) is 9.36 Å². The molecule has 2 aromatic heterocycles. The van der Waals surface area contributed by atoms with Crippen molar-refractivity contribution in [3.63, 3.8) is 0 Å². The van der Waals surface area contributed by atoms with Gasteiger partial charge in [-0.25, -0.2) is 9.97 Å². The van der Waals surface area contributed by atoms with Crippen molar-refractivity contribution in [2.75, 3.05) is 0 Å². The summed E-state index contributed by atoms with van der Waals surface area (Å²) in [7, 11) is 0. The lowest BCUT2D eigenvalue weighted by Crippen LogP contribution is -2.49. The average Bonchev–Trinajstić information content (AvgIpc) is 3.04. The van der Waals surface area contributed by atoms with E-state index in [2.05, 4.69) is 22.6 Å². The van der Waals surface area contributed by atoms with E-state index in [-0.39, 0.29) is 16.9 Å². The van der Waals surface area contributed by atoms with Crippen molar-refractivity contribution in [2.24, 2.45) is 0 Å². The zero-order valence-electron chi connectivity index (χ0n) is 14.2. The van der Waals surface area contributed by atoms with Crippen molar-refractivity contribution in [2.45, 2.75) is 30.7 Å². The number of halogens is 4. The Hall–Kier alpha value is -2.08. The third kappa shape index (κ3) is 3.28. The number of rotatable bonds is 4. The zero-order chi connectivity index (χ0) is 20.9. The highest BCUT2D eigenvalue weighted by atomic mass is 35.5. The first-order valence-corrected chi connectivity index (χ1v) is 8.81. The molecule has 1 unspecified atom stereocenters. The molecule has 150 valence electrons. The molecule has 3 aromatic rings. The van der Waals surface area contributed by atoms with Gasteiger partial charge in [-0.2, -0.15) is 25.8 Å². The van der Waals surface area contributed by atoms with E-state index < -0.39 is 28.6 Å². The van der Waals surface area contributed by atoms with Crippen LogP contribution in [0, 0.1) is 0 Å². The van der Waals surface area contributed by atoms with Crippen molar-refractivity contribution in [3.05, 3.63) is 51.8 Å². The summed E-state index contributed by atoms with van der Waals surface area (Å²) in [5.74, 6) is -4.85. The fourth-order valence-corrected chi connectivity index (χ4v) is 3.05. The highest BCUT2D eigenvalue weighted by molar-refractivity contribution is 7.80. The smallest absolute Gasteiger partial charge is 0.357 e. The number of nitrogens with zero attached hydrogens (tertiary/aromatic N) is 4. The monoisotopic (exact) mass is 434 g/mol. The van der Waals surface area contributed by atoms with E-state index in [4.69, 9.17) is 11.6 Å². The Morgan fingerprint density at radius 1 is 1.25 bits per heavy atom. The van der Waals surface area contributed by atoms with Gasteiger partial charge < -0.3 is 14.8 Å². The van der Waals surface area contributed by atoms with E-state index in [9.17, 15) is 28.2 Å². The van der Waals surface area contributed by atoms with Crippen LogP contribution < -0.4 is 5.56 Å². The Morgan fingerprint density at radius 2 is 1.86 bits per heavy atom. The van der Waals surface area contributed by atoms with Crippen LogP contribution in [0.5, 0.6) is 0 Å². The number of benzene rings is 1. The SMILES string of the molecule is CCn1cnc2c(=O)n(-c3ccc(Cl)cc3)c(C(S)C(O)(O)C(F)(F)F)nc21. The number of aryl methyl sites for hydroxylation is 1. The average molecular weight is 435 g/mol. The van der Waals surface area contributed by atoms with Crippen LogP contribution in [-0.2, 0) is 6.54 Å². The summed E-state index contributed by atoms with van der Waals surface area (Å²) < 4.78 is 41.7. The van der Waals surface area contributed by atoms with Gasteiger partial charge in [0, 0.05) is 11.6 Å². The minimum absolute atomic E-state index is 0.00439. The van der Waals surface area contributed by atoms with Gasteiger partial charge in [0.1, 0.15) is 11.1 Å². The molecule has 1 atom stereocenters. The molecule has 7 nitrogen and oxygen atoms in total. The fraction of sp³-hybridized carbons (Fsp3) is 0.312. The first-order chi connectivity index (χ1) is 13.0. The van der Waals surface area contributed by atoms with Crippen molar-refractivity contribution in [1.29, 1.82) is 0 Å². The van der Waals surface area contributed by atoms with Crippen molar-refractivity contribution in [1.82, 2.24) is 19.1 Å². The van der Waals surface area contributed by atoms with Crippen LogP contribution in [0.1, 0.15) is 18.0 Å². The minimum atomic E-state index is -5.44. The molecule has 2 heterocycles. The maximum absolute atomic E-state index is 13.2. The summed E-state index contributed by atoms with van der Waals surface area (Å²) >= 11 is 9.58. The van der Waals surface area contributed by atoms with Gasteiger partial charge in [0.05, 0.1) is 12.0 Å². The van der Waals surface area contributed by atoms with Crippen molar-refractivity contribution < 1.29 is 23.4 Å². The maximum atomic E-state index is 13.2. The fourth-order valence-electron chi connectivity index (χ4n) is 2.60. The van der Waals surface area contributed by atoms with Gasteiger partial charge in [-0.1, -0.05) is 11.6 Å². The van der Waals surface area contributed by atoms with Gasteiger partial charge in [0.15, 0.2) is 11.2 Å². The second-order valence-electron chi connectivity index (χ2n) is 5.92. The van der Waals surface area contributed by atoms with E-state index in [1.165, 1.54) is 35.2 Å². The molecule has 0 fully saturated rings. The molecule has 0 aliphatic heterocycles. The third-order valence-corrected chi connectivity index (χ3v) is 4.98. The molecule has 2 N–H and O–H groups in total. The molecule has 0 spiro atoms. The molecule has 0 saturated heterocycles. The highest BCUT2D eigenvalue weighted by Gasteiger charge is 2.58. The topological polar surface area (TPSA) is 93.2 Å². The normalized spacial score (nSPS) is 13.9. The number of aliphatic hydroxyl groups is 2. The van der Waals surface area contributed by atoms with Crippen molar-refractivity contribution in [3.8, 4) is 5.69 Å². The molecule has 1 aromatic carbocycles. The molecular weight excluding hydrogens is 421 g/mol. The molecule has 0 bridgehead atoms. The molecule has 0 amide bonds. The van der Waals surface area contributed by atoms with Crippen LogP contribution in [-0.4, -0.2) is 41.3 Å². The van der Waals surface area contributed by atoms with Gasteiger partial charge in [0.2, 0.25) is 0 Å². The van der Waals surface area contributed by atoms with Crippen LogP contribution in [0.2, 0.25) is 5.02 Å². The Labute approximate surface area is 166 Å². The van der Waals surface area contributed by atoms with E-state index in [0.29, 0.717) is 11.6 Å². The van der Waals surface area contributed by atoms with Crippen LogP contribution in [0.3, 0.4) is 0 Å². The number of hydrogen-bond acceptors (Lipinski definition) is 6. The number of imidazole rings is 1. The molecular formula is C16H14ClF3N4O3S. The van der Waals surface area contributed by atoms with Crippen LogP contribution in [0.25, 0.3) is 16.9 Å².